The van der Waals surface area contributed by atoms with Crippen LogP contribution >= 0.6 is 0 Å². The van der Waals surface area contributed by atoms with Crippen LogP contribution in [0.5, 0.6) is 0 Å². The molecule has 1 aliphatic carbocycles. The van der Waals surface area contributed by atoms with Crippen LogP contribution in [0, 0.1) is 13.8 Å². The molecule has 0 amide bonds. The van der Waals surface area contributed by atoms with Gasteiger partial charge in [-0.2, -0.15) is 0 Å². The Labute approximate surface area is 66.0 Å². The Morgan fingerprint density at radius 2 is 1.00 bits per heavy atom. The summed E-state index contributed by atoms with van der Waals surface area (Å²) in [5, 5.41) is 0. The van der Waals surface area contributed by atoms with Crippen molar-refractivity contribution in [1.29, 1.82) is 0 Å². The number of hydrogen-bond donors (Lipinski definition) is 0. The second-order valence-electron chi connectivity index (χ2n) is 2.83. The van der Waals surface area contributed by atoms with E-state index in [0.29, 0.717) is 0 Å². The van der Waals surface area contributed by atoms with Gasteiger partial charge in [0.1, 0.15) is 0 Å². The molecule has 0 aromatic heterocycles. The van der Waals surface area contributed by atoms with E-state index >= 15 is 0 Å². The largest absolute Gasteiger partial charge is 0.0533 e. The SMILES string of the molecule is C1CCC1.[CH2]CCCC[CH2]. The zero-order chi connectivity index (χ0) is 7.66. The Bertz CT molecular complexity index is 36.0. The summed E-state index contributed by atoms with van der Waals surface area (Å²) in [6.07, 6.45) is 10.6. The predicted octanol–water partition coefficient (Wildman–Crippen LogP) is 3.78. The molecule has 0 heteroatoms. The third kappa shape index (κ3) is 8.00. The van der Waals surface area contributed by atoms with Crippen LogP contribution in [0.4, 0.5) is 0 Å². The summed E-state index contributed by atoms with van der Waals surface area (Å²) < 4.78 is 0. The van der Waals surface area contributed by atoms with E-state index in [9.17, 15) is 0 Å². The number of unbranched alkanes of at least 4 members (excludes halogenated alkanes) is 3. The van der Waals surface area contributed by atoms with Crippen molar-refractivity contribution in [3.63, 3.8) is 0 Å². The highest BCUT2D eigenvalue weighted by Gasteiger charge is 1.95. The topological polar surface area (TPSA) is 0 Å². The van der Waals surface area contributed by atoms with E-state index in [1.807, 2.05) is 0 Å². The molecule has 0 spiro atoms. The first-order chi connectivity index (χ1) is 4.91. The fourth-order valence-corrected chi connectivity index (χ4v) is 0.604. The van der Waals surface area contributed by atoms with E-state index in [-0.39, 0.29) is 0 Å². The molecular formula is C10H20. The van der Waals surface area contributed by atoms with Crippen LogP contribution in [0.25, 0.3) is 0 Å². The molecule has 0 bridgehead atoms. The van der Waals surface area contributed by atoms with Gasteiger partial charge in [-0.25, -0.2) is 0 Å². The summed E-state index contributed by atoms with van der Waals surface area (Å²) in [6.45, 7) is 7.39. The van der Waals surface area contributed by atoms with E-state index < -0.39 is 0 Å². The first-order valence-corrected chi connectivity index (χ1v) is 4.50. The van der Waals surface area contributed by atoms with Crippen LogP contribution in [0.1, 0.15) is 51.4 Å². The van der Waals surface area contributed by atoms with Crippen molar-refractivity contribution in [2.45, 2.75) is 51.4 Å². The quantitative estimate of drug-likeness (QED) is 0.523. The zero-order valence-electron chi connectivity index (χ0n) is 7.07. The summed E-state index contributed by atoms with van der Waals surface area (Å²) >= 11 is 0. The van der Waals surface area contributed by atoms with Crippen molar-refractivity contribution in [3.05, 3.63) is 13.8 Å². The van der Waals surface area contributed by atoms with Gasteiger partial charge in [0.2, 0.25) is 0 Å². The highest BCUT2D eigenvalue weighted by molar-refractivity contribution is 4.50. The molecule has 2 radical (unpaired) electrons. The van der Waals surface area contributed by atoms with Crippen LogP contribution < -0.4 is 0 Å². The molecule has 1 fully saturated rings. The molecule has 0 saturated heterocycles. The van der Waals surface area contributed by atoms with Gasteiger partial charge in [-0.15, -0.1) is 0 Å². The Balaban J connectivity index is 0.000000172. The molecular weight excluding hydrogens is 120 g/mol. The average molecular weight is 140 g/mol. The van der Waals surface area contributed by atoms with E-state index in [2.05, 4.69) is 13.8 Å². The van der Waals surface area contributed by atoms with Crippen molar-refractivity contribution in [2.75, 3.05) is 0 Å². The molecule has 0 aromatic rings. The van der Waals surface area contributed by atoms with Crippen molar-refractivity contribution in [3.8, 4) is 0 Å². The zero-order valence-corrected chi connectivity index (χ0v) is 7.07. The van der Waals surface area contributed by atoms with E-state index in [1.54, 1.807) is 0 Å². The molecule has 10 heavy (non-hydrogen) atoms. The fourth-order valence-electron chi connectivity index (χ4n) is 0.604. The lowest BCUT2D eigenvalue weighted by Crippen LogP contribution is -1.85. The minimum Gasteiger partial charge on any atom is -0.0533 e. The van der Waals surface area contributed by atoms with Gasteiger partial charge in [0.05, 0.1) is 0 Å². The van der Waals surface area contributed by atoms with Gasteiger partial charge < -0.3 is 0 Å². The van der Waals surface area contributed by atoms with Gasteiger partial charge in [0.25, 0.3) is 0 Å². The third-order valence-electron chi connectivity index (χ3n) is 1.75. The normalized spacial score (nSPS) is 15.0. The summed E-state index contributed by atoms with van der Waals surface area (Å²) in [6, 6.07) is 0. The lowest BCUT2D eigenvalue weighted by Gasteiger charge is -2.05. The molecule has 0 unspecified atom stereocenters. The Hall–Kier alpha value is 0. The minimum atomic E-state index is 1.06. The molecule has 0 heterocycles. The van der Waals surface area contributed by atoms with Crippen LogP contribution in [-0.4, -0.2) is 0 Å². The molecule has 0 atom stereocenters. The maximum atomic E-state index is 3.70. The second kappa shape index (κ2) is 9.00. The van der Waals surface area contributed by atoms with Crippen molar-refractivity contribution < 1.29 is 0 Å². The molecule has 0 aliphatic heterocycles. The van der Waals surface area contributed by atoms with E-state index in [1.165, 1.54) is 38.5 Å². The Kier molecular flexibility index (Phi) is 9.00. The molecule has 60 valence electrons. The average Bonchev–Trinajstić information content (AvgIpc) is 1.79. The Morgan fingerprint density at radius 1 is 0.700 bits per heavy atom. The summed E-state index contributed by atoms with van der Waals surface area (Å²) in [4.78, 5) is 0. The fraction of sp³-hybridized carbons (Fsp3) is 0.800. The van der Waals surface area contributed by atoms with Crippen LogP contribution in [0.15, 0.2) is 0 Å². The maximum Gasteiger partial charge on any atom is -0.0533 e. The van der Waals surface area contributed by atoms with Gasteiger partial charge in [-0.05, 0) is 0 Å². The Morgan fingerprint density at radius 3 is 1.10 bits per heavy atom. The van der Waals surface area contributed by atoms with Crippen LogP contribution in [0.2, 0.25) is 0 Å². The standard InChI is InChI=1S/C6H12.C4H8/c1-3-5-6-4-2;1-2-4-3-1/h1-6H2;1-4H2. The minimum absolute atomic E-state index is 1.06. The monoisotopic (exact) mass is 140 g/mol. The lowest BCUT2D eigenvalue weighted by molar-refractivity contribution is 0.504. The van der Waals surface area contributed by atoms with Gasteiger partial charge >= 0.3 is 0 Å². The lowest BCUT2D eigenvalue weighted by atomic mass is 10.0. The number of hydrogen-bond acceptors (Lipinski definition) is 0. The molecule has 0 nitrogen and oxygen atoms in total. The van der Waals surface area contributed by atoms with E-state index in [0.717, 1.165) is 12.8 Å². The molecule has 1 aliphatic rings. The number of rotatable bonds is 3. The molecule has 0 N–H and O–H groups in total. The second-order valence-corrected chi connectivity index (χ2v) is 2.83. The van der Waals surface area contributed by atoms with Gasteiger partial charge in [0, 0.05) is 0 Å². The van der Waals surface area contributed by atoms with Gasteiger partial charge in [-0.1, -0.05) is 65.2 Å². The summed E-state index contributed by atoms with van der Waals surface area (Å²) in [7, 11) is 0. The summed E-state index contributed by atoms with van der Waals surface area (Å²) in [5.41, 5.74) is 0. The van der Waals surface area contributed by atoms with Gasteiger partial charge in [0.15, 0.2) is 0 Å². The maximum absolute atomic E-state index is 3.70. The van der Waals surface area contributed by atoms with Crippen molar-refractivity contribution in [1.82, 2.24) is 0 Å². The van der Waals surface area contributed by atoms with Crippen molar-refractivity contribution >= 4 is 0 Å². The van der Waals surface area contributed by atoms with E-state index in [4.69, 9.17) is 0 Å². The highest BCUT2D eigenvalue weighted by atomic mass is 14.0. The first kappa shape index (κ1) is 10.0. The molecule has 0 aromatic carbocycles. The summed E-state index contributed by atoms with van der Waals surface area (Å²) in [5.74, 6) is 0. The highest BCUT2D eigenvalue weighted by Crippen LogP contribution is 2.15. The van der Waals surface area contributed by atoms with Crippen LogP contribution in [0.3, 0.4) is 0 Å². The molecule has 1 rings (SSSR count). The molecule has 1 saturated carbocycles. The predicted molar refractivity (Wildman–Crippen MR) is 47.7 cm³/mol. The van der Waals surface area contributed by atoms with Crippen molar-refractivity contribution in [2.24, 2.45) is 0 Å². The van der Waals surface area contributed by atoms with Gasteiger partial charge in [-0.3, -0.25) is 0 Å². The smallest absolute Gasteiger partial charge is 0.0533 e. The first-order valence-electron chi connectivity index (χ1n) is 4.50. The third-order valence-corrected chi connectivity index (χ3v) is 1.75. The van der Waals surface area contributed by atoms with Crippen LogP contribution in [-0.2, 0) is 0 Å².